The number of benzene rings is 1. The van der Waals surface area contributed by atoms with Gasteiger partial charge < -0.3 is 19.9 Å². The van der Waals surface area contributed by atoms with Crippen LogP contribution >= 0.6 is 0 Å². The van der Waals surface area contributed by atoms with Crippen molar-refractivity contribution in [1.82, 2.24) is 25.4 Å². The lowest BCUT2D eigenvalue weighted by atomic mass is 10.0. The summed E-state index contributed by atoms with van der Waals surface area (Å²) in [4.78, 5) is 24.1. The molecule has 0 saturated heterocycles. The highest BCUT2D eigenvalue weighted by Gasteiger charge is 2.29. The maximum absolute atomic E-state index is 12.2. The van der Waals surface area contributed by atoms with Crippen molar-refractivity contribution in [3.8, 4) is 0 Å². The molecule has 2 heterocycles. The first-order chi connectivity index (χ1) is 11.7. The van der Waals surface area contributed by atoms with Crippen LogP contribution in [0.5, 0.6) is 0 Å². The van der Waals surface area contributed by atoms with Crippen molar-refractivity contribution in [1.29, 1.82) is 0 Å². The second-order valence-electron chi connectivity index (χ2n) is 5.53. The van der Waals surface area contributed by atoms with E-state index >= 15 is 0 Å². The molecule has 1 unspecified atom stereocenters. The Bertz CT molecular complexity index is 743. The van der Waals surface area contributed by atoms with Crippen LogP contribution in [-0.4, -0.2) is 40.3 Å². The van der Waals surface area contributed by atoms with Gasteiger partial charge >= 0.3 is 0 Å². The number of ether oxygens (including phenoxy) is 1. The molecule has 1 atom stereocenters. The standard InChI is InChI=1S/C16H19N5O3/c1-24-7-6-21-10-18-20-14(21)9-17-15(22)8-13-11-4-2-3-5-12(11)16(23)19-13/h2-5,10,13H,6-9H2,1H3,(H,17,22)(H,19,23). The molecule has 0 bridgehead atoms. The number of carbonyl (C=O) groups excluding carboxylic acids is 2. The minimum atomic E-state index is -0.292. The molecule has 126 valence electrons. The third-order valence-corrected chi connectivity index (χ3v) is 3.95. The number of nitrogens with zero attached hydrogens (tertiary/aromatic N) is 3. The average molecular weight is 329 g/mol. The molecular formula is C16H19N5O3. The molecule has 3 rings (SSSR count). The number of amides is 2. The first-order valence-corrected chi connectivity index (χ1v) is 7.71. The van der Waals surface area contributed by atoms with Gasteiger partial charge in [-0.05, 0) is 11.6 Å². The highest BCUT2D eigenvalue weighted by Crippen LogP contribution is 2.27. The highest BCUT2D eigenvalue weighted by atomic mass is 16.5. The summed E-state index contributed by atoms with van der Waals surface area (Å²) in [5.41, 5.74) is 1.50. The second-order valence-corrected chi connectivity index (χ2v) is 5.53. The molecule has 8 nitrogen and oxygen atoms in total. The van der Waals surface area contributed by atoms with E-state index in [0.717, 1.165) is 5.56 Å². The van der Waals surface area contributed by atoms with Crippen LogP contribution in [-0.2, 0) is 22.6 Å². The fraction of sp³-hybridized carbons (Fsp3) is 0.375. The summed E-state index contributed by atoms with van der Waals surface area (Å²) in [7, 11) is 1.62. The van der Waals surface area contributed by atoms with E-state index in [2.05, 4.69) is 20.8 Å². The SMILES string of the molecule is COCCn1cnnc1CNC(=O)CC1NC(=O)c2ccccc21. The Morgan fingerprint density at radius 2 is 2.25 bits per heavy atom. The number of aromatic nitrogens is 3. The Hall–Kier alpha value is -2.74. The fourth-order valence-electron chi connectivity index (χ4n) is 2.71. The lowest BCUT2D eigenvalue weighted by molar-refractivity contribution is -0.121. The molecule has 0 spiro atoms. The number of hydrogen-bond donors (Lipinski definition) is 2. The van der Waals surface area contributed by atoms with E-state index in [0.29, 0.717) is 24.5 Å². The zero-order valence-electron chi connectivity index (χ0n) is 13.4. The lowest BCUT2D eigenvalue weighted by Crippen LogP contribution is -2.29. The summed E-state index contributed by atoms with van der Waals surface area (Å²) < 4.78 is 6.85. The number of nitrogens with one attached hydrogen (secondary N) is 2. The van der Waals surface area contributed by atoms with Crippen LogP contribution in [0.2, 0.25) is 0 Å². The molecule has 2 N–H and O–H groups in total. The van der Waals surface area contributed by atoms with Crippen LogP contribution in [0.15, 0.2) is 30.6 Å². The van der Waals surface area contributed by atoms with E-state index in [1.807, 2.05) is 22.8 Å². The van der Waals surface area contributed by atoms with Gasteiger partial charge in [-0.25, -0.2) is 0 Å². The molecule has 1 aromatic heterocycles. The minimum absolute atomic E-state index is 0.136. The Kier molecular flexibility index (Phi) is 4.85. The highest BCUT2D eigenvalue weighted by molar-refractivity contribution is 5.99. The van der Waals surface area contributed by atoms with Gasteiger partial charge in [0.15, 0.2) is 5.82 Å². The van der Waals surface area contributed by atoms with Gasteiger partial charge in [0.1, 0.15) is 6.33 Å². The first kappa shape index (κ1) is 16.1. The Morgan fingerprint density at radius 1 is 1.42 bits per heavy atom. The summed E-state index contributed by atoms with van der Waals surface area (Å²) in [5.74, 6) is 0.372. The van der Waals surface area contributed by atoms with Crippen LogP contribution in [0.1, 0.15) is 34.2 Å². The van der Waals surface area contributed by atoms with Gasteiger partial charge in [-0.15, -0.1) is 10.2 Å². The smallest absolute Gasteiger partial charge is 0.252 e. The molecule has 0 saturated carbocycles. The number of fused-ring (bicyclic) bond motifs is 1. The monoisotopic (exact) mass is 329 g/mol. The number of hydrogen-bond acceptors (Lipinski definition) is 5. The van der Waals surface area contributed by atoms with Crippen LogP contribution in [0.25, 0.3) is 0 Å². The zero-order valence-corrected chi connectivity index (χ0v) is 13.4. The van der Waals surface area contributed by atoms with Crippen LogP contribution < -0.4 is 10.6 Å². The molecule has 8 heteroatoms. The van der Waals surface area contributed by atoms with Gasteiger partial charge in [0.25, 0.3) is 5.91 Å². The van der Waals surface area contributed by atoms with Crippen LogP contribution in [0.4, 0.5) is 0 Å². The van der Waals surface area contributed by atoms with Crippen LogP contribution in [0.3, 0.4) is 0 Å². The van der Waals surface area contributed by atoms with Gasteiger partial charge in [-0.2, -0.15) is 0 Å². The fourth-order valence-corrected chi connectivity index (χ4v) is 2.71. The molecule has 0 fully saturated rings. The van der Waals surface area contributed by atoms with Gasteiger partial charge in [-0.3, -0.25) is 9.59 Å². The summed E-state index contributed by atoms with van der Waals surface area (Å²) in [6, 6.07) is 7.02. The van der Waals surface area contributed by atoms with E-state index in [-0.39, 0.29) is 30.8 Å². The molecule has 1 aliphatic rings. The molecule has 2 amide bonds. The number of methoxy groups -OCH3 is 1. The van der Waals surface area contributed by atoms with E-state index in [1.54, 1.807) is 19.5 Å². The van der Waals surface area contributed by atoms with Crippen molar-refractivity contribution in [3.05, 3.63) is 47.5 Å². The predicted octanol–water partition coefficient (Wildman–Crippen LogP) is 0.415. The maximum atomic E-state index is 12.2. The Labute approximate surface area is 139 Å². The lowest BCUT2D eigenvalue weighted by Gasteiger charge is -2.12. The van der Waals surface area contributed by atoms with Gasteiger partial charge in [-0.1, -0.05) is 18.2 Å². The minimum Gasteiger partial charge on any atom is -0.383 e. The van der Waals surface area contributed by atoms with E-state index in [1.165, 1.54) is 0 Å². The van der Waals surface area contributed by atoms with E-state index < -0.39 is 0 Å². The van der Waals surface area contributed by atoms with E-state index in [4.69, 9.17) is 4.74 Å². The first-order valence-electron chi connectivity index (χ1n) is 7.71. The molecule has 1 aromatic carbocycles. The number of rotatable bonds is 7. The van der Waals surface area contributed by atoms with Crippen molar-refractivity contribution >= 4 is 11.8 Å². The normalized spacial score (nSPS) is 15.9. The Balaban J connectivity index is 1.56. The van der Waals surface area contributed by atoms with Gasteiger partial charge in [0.2, 0.25) is 5.91 Å². The third kappa shape index (κ3) is 3.43. The number of carbonyl (C=O) groups is 2. The summed E-state index contributed by atoms with van der Waals surface area (Å²) in [6.07, 6.45) is 1.79. The molecule has 2 aromatic rings. The molecule has 0 radical (unpaired) electrons. The third-order valence-electron chi connectivity index (χ3n) is 3.95. The largest absolute Gasteiger partial charge is 0.383 e. The zero-order chi connectivity index (χ0) is 16.9. The van der Waals surface area contributed by atoms with Crippen LogP contribution in [0, 0.1) is 0 Å². The van der Waals surface area contributed by atoms with E-state index in [9.17, 15) is 9.59 Å². The molecule has 24 heavy (non-hydrogen) atoms. The Morgan fingerprint density at radius 3 is 3.08 bits per heavy atom. The summed E-state index contributed by atoms with van der Waals surface area (Å²) in [5, 5.41) is 13.5. The molecule has 0 aliphatic carbocycles. The summed E-state index contributed by atoms with van der Waals surface area (Å²) in [6.45, 7) is 1.45. The maximum Gasteiger partial charge on any atom is 0.252 e. The molecular weight excluding hydrogens is 310 g/mol. The van der Waals surface area contributed by atoms with Gasteiger partial charge in [0.05, 0.1) is 25.6 Å². The van der Waals surface area contributed by atoms with Crippen molar-refractivity contribution in [2.24, 2.45) is 0 Å². The van der Waals surface area contributed by atoms with Crippen molar-refractivity contribution in [2.45, 2.75) is 25.6 Å². The van der Waals surface area contributed by atoms with Crippen molar-refractivity contribution in [3.63, 3.8) is 0 Å². The quantitative estimate of drug-likeness (QED) is 0.767. The predicted molar refractivity (Wildman–Crippen MR) is 85.0 cm³/mol. The second kappa shape index (κ2) is 7.22. The van der Waals surface area contributed by atoms with Crippen molar-refractivity contribution < 1.29 is 14.3 Å². The molecule has 1 aliphatic heterocycles. The topological polar surface area (TPSA) is 98.1 Å². The average Bonchev–Trinajstić information content (AvgIpc) is 3.16. The van der Waals surface area contributed by atoms with Gasteiger partial charge in [0, 0.05) is 19.2 Å². The van der Waals surface area contributed by atoms with Crippen molar-refractivity contribution in [2.75, 3.05) is 13.7 Å². The summed E-state index contributed by atoms with van der Waals surface area (Å²) >= 11 is 0.